The number of benzene rings is 4. The lowest BCUT2D eigenvalue weighted by molar-refractivity contribution is 0.0969. The Morgan fingerprint density at radius 1 is 0.542 bits per heavy atom. The van der Waals surface area contributed by atoms with Gasteiger partial charge in [-0.15, -0.1) is 0 Å². The van der Waals surface area contributed by atoms with Crippen molar-refractivity contribution >= 4 is 35.1 Å². The third-order valence-corrected chi connectivity index (χ3v) is 10.8. The lowest BCUT2D eigenvalue weighted by atomic mass is 9.80. The van der Waals surface area contributed by atoms with Crippen LogP contribution in [0.15, 0.2) is 80.2 Å². The highest BCUT2D eigenvalue weighted by Crippen LogP contribution is 2.49. The SMILES string of the molecule is CC(C)Cc1cc(Sc2ccc(C(C)(C)C)cc2)c2c(c1O)C(=O)c1c(O)c(CC(C)C)cc(Sc3ccc(C(C)(C)C)cc3)c1C2=O. The van der Waals surface area contributed by atoms with Crippen molar-refractivity contribution in [3.8, 4) is 11.5 Å². The molecule has 0 aromatic heterocycles. The molecule has 6 heteroatoms. The fraction of sp³-hybridized carbons (Fsp3) is 0.381. The number of ketones is 2. The van der Waals surface area contributed by atoms with Gasteiger partial charge in [0.05, 0.1) is 22.3 Å². The number of hydrogen-bond acceptors (Lipinski definition) is 6. The Kier molecular flexibility index (Phi) is 10.0. The number of hydrogen-bond donors (Lipinski definition) is 2. The summed E-state index contributed by atoms with van der Waals surface area (Å²) in [4.78, 5) is 32.5. The molecule has 2 N–H and O–H groups in total. The molecule has 0 radical (unpaired) electrons. The quantitative estimate of drug-likeness (QED) is 0.170. The van der Waals surface area contributed by atoms with E-state index in [1.165, 1.54) is 34.7 Å². The monoisotopic (exact) mass is 680 g/mol. The van der Waals surface area contributed by atoms with Crippen molar-refractivity contribution in [2.24, 2.45) is 11.8 Å². The minimum Gasteiger partial charge on any atom is -0.507 e. The summed E-state index contributed by atoms with van der Waals surface area (Å²) in [5.74, 6) is -0.802. The number of carbonyl (C=O) groups is 2. The third kappa shape index (κ3) is 7.25. The predicted molar refractivity (Wildman–Crippen MR) is 199 cm³/mol. The molecule has 0 atom stereocenters. The van der Waals surface area contributed by atoms with Crippen LogP contribution in [0.5, 0.6) is 11.5 Å². The van der Waals surface area contributed by atoms with E-state index >= 15 is 0 Å². The maximum atomic E-state index is 14.8. The molecule has 1 aliphatic carbocycles. The Balaban J connectivity index is 1.71. The van der Waals surface area contributed by atoms with Gasteiger partial charge in [0.15, 0.2) is 5.78 Å². The zero-order valence-corrected chi connectivity index (χ0v) is 31.5. The molecule has 0 aliphatic heterocycles. The van der Waals surface area contributed by atoms with Crippen LogP contribution in [0.3, 0.4) is 0 Å². The Morgan fingerprint density at radius 2 is 0.854 bits per heavy atom. The Hall–Kier alpha value is -3.48. The molecule has 252 valence electrons. The average Bonchev–Trinajstić information content (AvgIpc) is 2.98. The molecule has 4 aromatic carbocycles. The highest BCUT2D eigenvalue weighted by atomic mass is 32.2. The summed E-state index contributed by atoms with van der Waals surface area (Å²) in [6.07, 6.45) is 1.07. The van der Waals surface area contributed by atoms with Crippen LogP contribution in [0.25, 0.3) is 0 Å². The second-order valence-electron chi connectivity index (χ2n) is 15.9. The van der Waals surface area contributed by atoms with Crippen LogP contribution in [-0.2, 0) is 23.7 Å². The van der Waals surface area contributed by atoms with Gasteiger partial charge in [-0.1, -0.05) is 117 Å². The summed E-state index contributed by atoms with van der Waals surface area (Å²) in [5, 5.41) is 23.3. The topological polar surface area (TPSA) is 74.6 Å². The van der Waals surface area contributed by atoms with Gasteiger partial charge in [0.25, 0.3) is 0 Å². The minimum atomic E-state index is -0.513. The molecule has 0 heterocycles. The van der Waals surface area contributed by atoms with Crippen molar-refractivity contribution < 1.29 is 19.8 Å². The van der Waals surface area contributed by atoms with E-state index in [1.54, 1.807) is 0 Å². The zero-order chi connectivity index (χ0) is 35.3. The predicted octanol–water partition coefficient (Wildman–Crippen LogP) is 11.2. The van der Waals surface area contributed by atoms with Crippen LogP contribution in [-0.4, -0.2) is 21.8 Å². The van der Waals surface area contributed by atoms with Gasteiger partial charge >= 0.3 is 0 Å². The minimum absolute atomic E-state index is 0.00497. The summed E-state index contributed by atoms with van der Waals surface area (Å²) < 4.78 is 0. The average molecular weight is 681 g/mol. The van der Waals surface area contributed by atoms with Crippen molar-refractivity contribution in [2.75, 3.05) is 0 Å². The first-order valence-corrected chi connectivity index (χ1v) is 18.4. The summed E-state index contributed by atoms with van der Waals surface area (Å²) >= 11 is 2.86. The Bertz CT molecular complexity index is 1740. The first-order chi connectivity index (χ1) is 22.4. The van der Waals surface area contributed by atoms with Crippen molar-refractivity contribution in [1.82, 2.24) is 0 Å². The molecule has 4 aromatic rings. The van der Waals surface area contributed by atoms with Gasteiger partial charge in [-0.25, -0.2) is 0 Å². The van der Waals surface area contributed by atoms with E-state index < -0.39 is 5.78 Å². The second-order valence-corrected chi connectivity index (χ2v) is 18.1. The van der Waals surface area contributed by atoms with Crippen LogP contribution in [0.2, 0.25) is 0 Å². The van der Waals surface area contributed by atoms with E-state index in [1.807, 2.05) is 36.4 Å². The van der Waals surface area contributed by atoms with Gasteiger partial charge in [-0.05, 0) is 94.2 Å². The van der Waals surface area contributed by atoms with Gasteiger partial charge in [0.1, 0.15) is 11.5 Å². The number of carbonyl (C=O) groups excluding carboxylic acids is 2. The molecular formula is C42H48O4S2. The highest BCUT2D eigenvalue weighted by Gasteiger charge is 2.40. The fourth-order valence-electron chi connectivity index (χ4n) is 6.20. The van der Waals surface area contributed by atoms with E-state index in [0.29, 0.717) is 33.8 Å². The first-order valence-electron chi connectivity index (χ1n) is 16.8. The van der Waals surface area contributed by atoms with Crippen molar-refractivity contribution in [3.63, 3.8) is 0 Å². The summed E-state index contributed by atoms with van der Waals surface area (Å²) in [7, 11) is 0. The molecule has 0 saturated carbocycles. The molecule has 0 spiro atoms. The van der Waals surface area contributed by atoms with E-state index in [2.05, 4.69) is 93.5 Å². The van der Waals surface area contributed by atoms with Crippen molar-refractivity contribution in [1.29, 1.82) is 0 Å². The molecule has 0 fully saturated rings. The number of rotatable bonds is 8. The van der Waals surface area contributed by atoms with Crippen LogP contribution >= 0.6 is 23.5 Å². The standard InChI is InChI=1S/C42H48O4S2/c1-23(2)19-25-21-31(47-29-15-11-27(12-16-29)41(5,6)7)33-35(37(25)43)40(46)36-34(39(33)45)32(22-26(38(36)44)20-24(3)4)48-30-17-13-28(14-18-30)42(8,9)10/h11-18,21-24,43-44H,19-20H2,1-10H3. The largest absolute Gasteiger partial charge is 0.507 e. The highest BCUT2D eigenvalue weighted by molar-refractivity contribution is 7.99. The van der Waals surface area contributed by atoms with Crippen LogP contribution < -0.4 is 0 Å². The summed E-state index contributed by atoms with van der Waals surface area (Å²) in [5.41, 5.74) is 4.00. The molecule has 0 bridgehead atoms. The Labute approximate surface area is 294 Å². The van der Waals surface area contributed by atoms with Crippen LogP contribution in [0, 0.1) is 11.8 Å². The number of fused-ring (bicyclic) bond motifs is 2. The van der Waals surface area contributed by atoms with E-state index in [4.69, 9.17) is 0 Å². The molecule has 5 rings (SSSR count). The number of phenolic OH excluding ortho intramolecular Hbond substituents is 2. The van der Waals surface area contributed by atoms with Gasteiger partial charge in [0.2, 0.25) is 5.78 Å². The van der Waals surface area contributed by atoms with E-state index in [0.717, 1.165) is 9.79 Å². The molecule has 0 unspecified atom stereocenters. The maximum absolute atomic E-state index is 14.8. The lowest BCUT2D eigenvalue weighted by Gasteiger charge is -2.27. The van der Waals surface area contributed by atoms with E-state index in [9.17, 15) is 19.8 Å². The molecular weight excluding hydrogens is 633 g/mol. The van der Waals surface area contributed by atoms with Gasteiger partial charge in [-0.2, -0.15) is 0 Å². The second kappa shape index (κ2) is 13.4. The van der Waals surface area contributed by atoms with Crippen molar-refractivity contribution in [3.05, 3.63) is 105 Å². The third-order valence-electron chi connectivity index (χ3n) is 8.75. The smallest absolute Gasteiger partial charge is 0.202 e. The molecule has 0 saturated heterocycles. The van der Waals surface area contributed by atoms with Gasteiger partial charge < -0.3 is 10.2 Å². The van der Waals surface area contributed by atoms with E-state index in [-0.39, 0.29) is 62.2 Å². The zero-order valence-electron chi connectivity index (χ0n) is 29.9. The van der Waals surface area contributed by atoms with Crippen LogP contribution in [0.4, 0.5) is 0 Å². The molecule has 0 amide bonds. The molecule has 1 aliphatic rings. The number of aromatic hydroxyl groups is 2. The maximum Gasteiger partial charge on any atom is 0.202 e. The van der Waals surface area contributed by atoms with Gasteiger partial charge in [0, 0.05) is 19.6 Å². The summed E-state index contributed by atoms with van der Waals surface area (Å²) in [6.45, 7) is 21.2. The molecule has 4 nitrogen and oxygen atoms in total. The lowest BCUT2D eigenvalue weighted by Crippen LogP contribution is -2.24. The fourth-order valence-corrected chi connectivity index (χ4v) is 8.24. The summed E-state index contributed by atoms with van der Waals surface area (Å²) in [6, 6.07) is 20.3. The Morgan fingerprint density at radius 3 is 1.15 bits per heavy atom. The van der Waals surface area contributed by atoms with Crippen molar-refractivity contribution in [2.45, 2.75) is 112 Å². The molecule has 48 heavy (non-hydrogen) atoms. The van der Waals surface area contributed by atoms with Crippen LogP contribution in [0.1, 0.15) is 123 Å². The normalized spacial score (nSPS) is 13.3. The first kappa shape index (κ1) is 35.8. The van der Waals surface area contributed by atoms with Gasteiger partial charge in [-0.3, -0.25) is 9.59 Å². The number of phenols is 2.